The molecule has 3 N–H and O–H groups in total. The lowest BCUT2D eigenvalue weighted by molar-refractivity contribution is -0.114. The van der Waals surface area contributed by atoms with Gasteiger partial charge in [0.15, 0.2) is 0 Å². The van der Waals surface area contributed by atoms with Crippen LogP contribution in [0.25, 0.3) is 0 Å². The third-order valence-electron chi connectivity index (χ3n) is 4.72. The molecule has 2 aromatic rings. The van der Waals surface area contributed by atoms with Crippen molar-refractivity contribution in [2.75, 3.05) is 29.4 Å². The number of amides is 2. The van der Waals surface area contributed by atoms with Crippen LogP contribution in [0.5, 0.6) is 0 Å². The Morgan fingerprint density at radius 2 is 1.94 bits per heavy atom. The van der Waals surface area contributed by atoms with E-state index < -0.39 is 10.0 Å². The number of hydrogen-bond acceptors (Lipinski definition) is 6. The molecule has 0 radical (unpaired) electrons. The van der Waals surface area contributed by atoms with Crippen molar-refractivity contribution in [1.29, 1.82) is 0 Å². The van der Waals surface area contributed by atoms with Gasteiger partial charge in [-0.25, -0.2) is 8.42 Å². The number of para-hydroxylation sites is 1. The highest BCUT2D eigenvalue weighted by Gasteiger charge is 2.21. The van der Waals surface area contributed by atoms with E-state index in [0.29, 0.717) is 18.8 Å². The molecule has 3 rings (SSSR count). The summed E-state index contributed by atoms with van der Waals surface area (Å²) in [5.74, 6) is -0.684. The van der Waals surface area contributed by atoms with Crippen molar-refractivity contribution >= 4 is 45.0 Å². The van der Waals surface area contributed by atoms with Crippen LogP contribution in [-0.4, -0.2) is 45.7 Å². The number of benzene rings is 2. The van der Waals surface area contributed by atoms with Gasteiger partial charge < -0.3 is 15.4 Å². The maximum absolute atomic E-state index is 13.0. The molecule has 1 aliphatic rings. The van der Waals surface area contributed by atoms with Gasteiger partial charge in [0.05, 0.1) is 27.9 Å². The highest BCUT2D eigenvalue weighted by atomic mass is 32.2. The molecule has 1 saturated heterocycles. The Morgan fingerprint density at radius 1 is 1.16 bits per heavy atom. The van der Waals surface area contributed by atoms with Crippen LogP contribution in [0.4, 0.5) is 11.4 Å². The molecule has 0 saturated carbocycles. The quantitative estimate of drug-likeness (QED) is 0.519. The minimum atomic E-state index is -4.00. The van der Waals surface area contributed by atoms with Crippen LogP contribution in [0.1, 0.15) is 30.1 Å². The number of hydrogen-bond donors (Lipinski definition) is 3. The molecule has 0 spiro atoms. The van der Waals surface area contributed by atoms with Gasteiger partial charge in [-0.1, -0.05) is 12.1 Å². The third kappa shape index (κ3) is 5.99. The number of ether oxygens (including phenoxy) is 1. The fourth-order valence-electron chi connectivity index (χ4n) is 3.22. The average molecular weight is 464 g/mol. The Labute approximate surface area is 186 Å². The lowest BCUT2D eigenvalue weighted by Crippen LogP contribution is -2.32. The number of sulfonamides is 1. The maximum Gasteiger partial charge on any atom is 0.261 e. The van der Waals surface area contributed by atoms with Crippen molar-refractivity contribution in [2.45, 2.75) is 35.7 Å². The normalized spacial score (nSPS) is 16.0. The first kappa shape index (κ1) is 23.1. The Balaban J connectivity index is 1.81. The second-order valence-corrected chi connectivity index (χ2v) is 9.57. The number of anilines is 2. The summed E-state index contributed by atoms with van der Waals surface area (Å²) in [7, 11) is -4.00. The summed E-state index contributed by atoms with van der Waals surface area (Å²) in [5.41, 5.74) is 0.791. The first-order chi connectivity index (χ1) is 14.8. The van der Waals surface area contributed by atoms with E-state index in [0.717, 1.165) is 17.7 Å². The summed E-state index contributed by atoms with van der Waals surface area (Å²) in [4.78, 5) is 24.8. The van der Waals surface area contributed by atoms with Crippen LogP contribution in [0, 0.1) is 0 Å². The molecular formula is C21H25N3O5S2. The largest absolute Gasteiger partial charge is 0.376 e. The molecule has 1 fully saturated rings. The van der Waals surface area contributed by atoms with Crippen LogP contribution in [0.3, 0.4) is 0 Å². The smallest absolute Gasteiger partial charge is 0.261 e. The predicted octanol–water partition coefficient (Wildman–Crippen LogP) is 3.08. The van der Waals surface area contributed by atoms with Gasteiger partial charge in [0.2, 0.25) is 5.91 Å². The van der Waals surface area contributed by atoms with E-state index in [-0.39, 0.29) is 34.1 Å². The van der Waals surface area contributed by atoms with Gasteiger partial charge in [0.25, 0.3) is 15.9 Å². The highest BCUT2D eigenvalue weighted by Crippen LogP contribution is 2.29. The van der Waals surface area contributed by atoms with Crippen molar-refractivity contribution < 1.29 is 22.7 Å². The van der Waals surface area contributed by atoms with Gasteiger partial charge in [-0.3, -0.25) is 14.3 Å². The van der Waals surface area contributed by atoms with Crippen LogP contribution in [-0.2, 0) is 19.6 Å². The molecule has 0 bridgehead atoms. The number of rotatable bonds is 8. The van der Waals surface area contributed by atoms with Crippen LogP contribution < -0.4 is 15.4 Å². The molecule has 2 amide bonds. The predicted molar refractivity (Wildman–Crippen MR) is 121 cm³/mol. The summed E-state index contributed by atoms with van der Waals surface area (Å²) >= 11 is 1.39. The van der Waals surface area contributed by atoms with E-state index in [2.05, 4.69) is 15.4 Å². The fraction of sp³-hybridized carbons (Fsp3) is 0.333. The first-order valence-electron chi connectivity index (χ1n) is 9.77. The van der Waals surface area contributed by atoms with Crippen LogP contribution in [0.2, 0.25) is 0 Å². The van der Waals surface area contributed by atoms with Gasteiger partial charge >= 0.3 is 0 Å². The van der Waals surface area contributed by atoms with Crippen molar-refractivity contribution in [1.82, 2.24) is 5.32 Å². The summed E-state index contributed by atoms with van der Waals surface area (Å²) in [6, 6.07) is 10.9. The first-order valence-corrected chi connectivity index (χ1v) is 12.5. The molecule has 166 valence electrons. The second-order valence-electron chi connectivity index (χ2n) is 7.04. The number of carbonyl (C=O) groups excluding carboxylic acids is 2. The minimum Gasteiger partial charge on any atom is -0.376 e. The Kier molecular flexibility index (Phi) is 7.58. The zero-order valence-electron chi connectivity index (χ0n) is 17.3. The van der Waals surface area contributed by atoms with E-state index in [1.54, 1.807) is 24.3 Å². The lowest BCUT2D eigenvalue weighted by Gasteiger charge is -2.15. The van der Waals surface area contributed by atoms with E-state index in [9.17, 15) is 18.0 Å². The van der Waals surface area contributed by atoms with Gasteiger partial charge in [0.1, 0.15) is 0 Å². The van der Waals surface area contributed by atoms with E-state index in [1.165, 1.54) is 36.9 Å². The standard InChI is InChI=1S/C21H25N3O5S2/c1-14(25)23-19-12-16(9-10-20(19)30-2)31(27,28)24-18-8-4-3-7-17(18)21(26)22-13-15-6-5-11-29-15/h3-4,7-10,12,15,24H,5-6,11,13H2,1-2H3,(H,22,26)(H,23,25). The van der Waals surface area contributed by atoms with Gasteiger partial charge in [-0.15, -0.1) is 11.8 Å². The van der Waals surface area contributed by atoms with Crippen molar-refractivity contribution in [3.63, 3.8) is 0 Å². The lowest BCUT2D eigenvalue weighted by atomic mass is 10.1. The molecular weight excluding hydrogens is 438 g/mol. The molecule has 0 aromatic heterocycles. The topological polar surface area (TPSA) is 114 Å². The van der Waals surface area contributed by atoms with Gasteiger partial charge in [-0.2, -0.15) is 0 Å². The number of nitrogens with one attached hydrogen (secondary N) is 3. The molecule has 10 heteroatoms. The van der Waals surface area contributed by atoms with E-state index >= 15 is 0 Å². The molecule has 8 nitrogen and oxygen atoms in total. The van der Waals surface area contributed by atoms with Crippen molar-refractivity contribution in [2.24, 2.45) is 0 Å². The Morgan fingerprint density at radius 3 is 2.61 bits per heavy atom. The van der Waals surface area contributed by atoms with Gasteiger partial charge in [-0.05, 0) is 49.4 Å². The fourth-order valence-corrected chi connectivity index (χ4v) is 4.86. The summed E-state index contributed by atoms with van der Waals surface area (Å²) < 4.78 is 34.0. The zero-order chi connectivity index (χ0) is 22.4. The second kappa shape index (κ2) is 10.2. The molecule has 1 aliphatic heterocycles. The molecule has 1 atom stereocenters. The molecule has 0 aliphatic carbocycles. The summed E-state index contributed by atoms with van der Waals surface area (Å²) in [5, 5.41) is 5.45. The molecule has 31 heavy (non-hydrogen) atoms. The van der Waals surface area contributed by atoms with E-state index in [4.69, 9.17) is 4.74 Å². The summed E-state index contributed by atoms with van der Waals surface area (Å²) in [6.45, 7) is 2.41. The van der Waals surface area contributed by atoms with Crippen LogP contribution >= 0.6 is 11.8 Å². The number of thioether (sulfide) groups is 1. The Bertz CT molecular complexity index is 1070. The molecule has 2 aromatic carbocycles. The summed E-state index contributed by atoms with van der Waals surface area (Å²) in [6.07, 6.45) is 3.66. The van der Waals surface area contributed by atoms with Gasteiger partial charge in [0, 0.05) is 25.0 Å². The average Bonchev–Trinajstić information content (AvgIpc) is 3.25. The minimum absolute atomic E-state index is 0.0186. The van der Waals surface area contributed by atoms with E-state index in [1.807, 2.05) is 6.26 Å². The maximum atomic E-state index is 13.0. The van der Waals surface area contributed by atoms with Crippen molar-refractivity contribution in [3.8, 4) is 0 Å². The van der Waals surface area contributed by atoms with Crippen molar-refractivity contribution in [3.05, 3.63) is 48.0 Å². The highest BCUT2D eigenvalue weighted by molar-refractivity contribution is 7.98. The Hall–Kier alpha value is -2.56. The van der Waals surface area contributed by atoms with Crippen LogP contribution in [0.15, 0.2) is 52.3 Å². The number of carbonyl (C=O) groups is 2. The zero-order valence-corrected chi connectivity index (χ0v) is 18.9. The monoisotopic (exact) mass is 463 g/mol. The molecule has 1 unspecified atom stereocenters. The third-order valence-corrected chi connectivity index (χ3v) is 6.88. The molecule has 1 heterocycles. The SMILES string of the molecule is CSc1ccc(S(=O)(=O)Nc2ccccc2C(=O)NCC2CCCO2)cc1NC(C)=O.